The lowest BCUT2D eigenvalue weighted by Crippen LogP contribution is -2.02. The van der Waals surface area contributed by atoms with E-state index in [2.05, 4.69) is 5.10 Å². The van der Waals surface area contributed by atoms with Crippen molar-refractivity contribution in [1.29, 1.82) is 0 Å². The van der Waals surface area contributed by atoms with Crippen LogP contribution in [0.2, 0.25) is 0 Å². The van der Waals surface area contributed by atoms with Crippen molar-refractivity contribution in [2.75, 3.05) is 14.2 Å². The number of hydrogen-bond acceptors (Lipinski definition) is 4. The molecule has 3 aromatic rings. The van der Waals surface area contributed by atoms with E-state index in [-0.39, 0.29) is 5.97 Å². The minimum Gasteiger partial charge on any atom is -0.496 e. The van der Waals surface area contributed by atoms with Gasteiger partial charge in [0.05, 0.1) is 25.5 Å². The first-order valence-electron chi connectivity index (χ1n) is 6.43. The number of esters is 1. The summed E-state index contributed by atoms with van der Waals surface area (Å²) >= 11 is 0. The maximum atomic E-state index is 11.7. The second-order valence-corrected chi connectivity index (χ2v) is 4.49. The van der Waals surface area contributed by atoms with Crippen LogP contribution in [0.5, 0.6) is 5.75 Å². The van der Waals surface area contributed by atoms with Gasteiger partial charge in [-0.2, -0.15) is 5.10 Å². The normalized spacial score (nSPS) is 10.6. The summed E-state index contributed by atoms with van der Waals surface area (Å²) in [6, 6.07) is 11.0. The van der Waals surface area contributed by atoms with Gasteiger partial charge in [-0.1, -0.05) is 6.07 Å². The highest BCUT2D eigenvalue weighted by molar-refractivity contribution is 6.00. The topological polar surface area (TPSA) is 53.4 Å². The van der Waals surface area contributed by atoms with Crippen molar-refractivity contribution in [2.24, 2.45) is 0 Å². The molecular weight excluding hydrogens is 268 g/mol. The first-order valence-corrected chi connectivity index (χ1v) is 6.43. The van der Waals surface area contributed by atoms with Gasteiger partial charge in [0.25, 0.3) is 0 Å². The third-order valence-corrected chi connectivity index (χ3v) is 3.35. The van der Waals surface area contributed by atoms with Crippen molar-refractivity contribution in [2.45, 2.75) is 0 Å². The van der Waals surface area contributed by atoms with Gasteiger partial charge in [-0.15, -0.1) is 0 Å². The molecule has 0 aliphatic heterocycles. The van der Waals surface area contributed by atoms with Crippen molar-refractivity contribution in [3.63, 3.8) is 0 Å². The lowest BCUT2D eigenvalue weighted by Gasteiger charge is -2.11. The van der Waals surface area contributed by atoms with E-state index in [1.807, 2.05) is 30.5 Å². The highest BCUT2D eigenvalue weighted by Gasteiger charge is 2.12. The Hall–Kier alpha value is -2.82. The van der Waals surface area contributed by atoms with Gasteiger partial charge in [-0.3, -0.25) is 0 Å². The van der Waals surface area contributed by atoms with Crippen LogP contribution in [-0.2, 0) is 4.74 Å². The molecule has 0 aliphatic rings. The molecule has 0 saturated carbocycles. The van der Waals surface area contributed by atoms with Crippen LogP contribution >= 0.6 is 0 Å². The molecule has 5 nitrogen and oxygen atoms in total. The number of carbonyl (C=O) groups excluding carboxylic acids is 1. The molecule has 1 aromatic heterocycles. The van der Waals surface area contributed by atoms with E-state index in [0.29, 0.717) is 11.3 Å². The number of nitrogens with zero attached hydrogens (tertiary/aromatic N) is 2. The van der Waals surface area contributed by atoms with E-state index in [4.69, 9.17) is 9.47 Å². The minimum absolute atomic E-state index is 0.372. The molecule has 0 amide bonds. The molecule has 3 rings (SSSR count). The maximum absolute atomic E-state index is 11.7. The van der Waals surface area contributed by atoms with Gasteiger partial charge in [0.1, 0.15) is 5.75 Å². The number of rotatable bonds is 3. The Kier molecular flexibility index (Phi) is 3.31. The molecule has 0 unspecified atom stereocenters. The summed E-state index contributed by atoms with van der Waals surface area (Å²) < 4.78 is 11.9. The minimum atomic E-state index is -0.372. The van der Waals surface area contributed by atoms with Gasteiger partial charge in [-0.25, -0.2) is 9.48 Å². The Balaban J connectivity index is 2.27. The maximum Gasteiger partial charge on any atom is 0.337 e. The smallest absolute Gasteiger partial charge is 0.337 e. The molecule has 0 saturated heterocycles. The first kappa shape index (κ1) is 13.2. The van der Waals surface area contributed by atoms with E-state index < -0.39 is 0 Å². The average Bonchev–Trinajstić information content (AvgIpc) is 3.06. The third kappa shape index (κ3) is 2.23. The van der Waals surface area contributed by atoms with Gasteiger partial charge in [-0.05, 0) is 30.3 Å². The van der Waals surface area contributed by atoms with Crippen molar-refractivity contribution < 1.29 is 14.3 Å². The lowest BCUT2D eigenvalue weighted by atomic mass is 10.0. The van der Waals surface area contributed by atoms with Crippen LogP contribution in [0.4, 0.5) is 0 Å². The Morgan fingerprint density at radius 3 is 2.67 bits per heavy atom. The number of hydrogen-bond donors (Lipinski definition) is 0. The predicted octanol–water partition coefficient (Wildman–Crippen LogP) is 2.82. The van der Waals surface area contributed by atoms with Crippen LogP contribution in [0.1, 0.15) is 10.4 Å². The molecule has 0 atom stereocenters. The van der Waals surface area contributed by atoms with E-state index in [9.17, 15) is 4.79 Å². The summed E-state index contributed by atoms with van der Waals surface area (Å²) in [7, 11) is 2.97. The van der Waals surface area contributed by atoms with Crippen molar-refractivity contribution in [1.82, 2.24) is 9.78 Å². The van der Waals surface area contributed by atoms with Gasteiger partial charge in [0.15, 0.2) is 0 Å². The van der Waals surface area contributed by atoms with E-state index in [1.54, 1.807) is 30.1 Å². The van der Waals surface area contributed by atoms with E-state index in [1.165, 1.54) is 7.11 Å². The number of aromatic nitrogens is 2. The monoisotopic (exact) mass is 282 g/mol. The molecule has 106 valence electrons. The second kappa shape index (κ2) is 5.28. The van der Waals surface area contributed by atoms with Crippen LogP contribution < -0.4 is 4.74 Å². The number of carbonyl (C=O) groups is 1. The lowest BCUT2D eigenvalue weighted by molar-refractivity contribution is 0.0601. The van der Waals surface area contributed by atoms with Gasteiger partial charge in [0, 0.05) is 23.2 Å². The van der Waals surface area contributed by atoms with E-state index >= 15 is 0 Å². The fourth-order valence-corrected chi connectivity index (χ4v) is 2.34. The zero-order valence-corrected chi connectivity index (χ0v) is 11.7. The molecule has 0 N–H and O–H groups in total. The molecule has 21 heavy (non-hydrogen) atoms. The number of methoxy groups -OCH3 is 2. The summed E-state index contributed by atoms with van der Waals surface area (Å²) in [5.74, 6) is 0.329. The summed E-state index contributed by atoms with van der Waals surface area (Å²) in [5, 5.41) is 6.04. The zero-order chi connectivity index (χ0) is 14.8. The van der Waals surface area contributed by atoms with Gasteiger partial charge in [0.2, 0.25) is 0 Å². The molecule has 2 aromatic carbocycles. The van der Waals surface area contributed by atoms with Crippen LogP contribution in [0.25, 0.3) is 16.5 Å². The van der Waals surface area contributed by atoms with E-state index in [0.717, 1.165) is 16.5 Å². The van der Waals surface area contributed by atoms with Gasteiger partial charge >= 0.3 is 5.97 Å². The van der Waals surface area contributed by atoms with Crippen LogP contribution in [0.3, 0.4) is 0 Å². The zero-order valence-electron chi connectivity index (χ0n) is 11.7. The number of ether oxygens (including phenoxy) is 2. The van der Waals surface area contributed by atoms with Crippen LogP contribution in [-0.4, -0.2) is 30.0 Å². The fourth-order valence-electron chi connectivity index (χ4n) is 2.34. The second-order valence-electron chi connectivity index (χ2n) is 4.49. The highest BCUT2D eigenvalue weighted by atomic mass is 16.5. The molecule has 0 fully saturated rings. The molecule has 0 bridgehead atoms. The Morgan fingerprint density at radius 1 is 1.14 bits per heavy atom. The SMILES string of the molecule is COC(=O)c1ccc2c(-n3cccn3)ccc(OC)c2c1. The summed E-state index contributed by atoms with van der Waals surface area (Å²) in [6.45, 7) is 0. The summed E-state index contributed by atoms with van der Waals surface area (Å²) in [6.07, 6.45) is 3.59. The van der Waals surface area contributed by atoms with Crippen LogP contribution in [0.15, 0.2) is 48.8 Å². The van der Waals surface area contributed by atoms with Crippen molar-refractivity contribution in [3.8, 4) is 11.4 Å². The largest absolute Gasteiger partial charge is 0.496 e. The molecule has 0 spiro atoms. The number of benzene rings is 2. The molecule has 0 radical (unpaired) electrons. The summed E-state index contributed by atoms with van der Waals surface area (Å²) in [5.41, 5.74) is 1.41. The van der Waals surface area contributed by atoms with Crippen molar-refractivity contribution >= 4 is 16.7 Å². The number of fused-ring (bicyclic) bond motifs is 1. The standard InChI is InChI=1S/C16H14N2O3/c1-20-15-7-6-14(18-9-3-8-17-18)12-5-4-11(10-13(12)15)16(19)21-2/h3-10H,1-2H3. The summed E-state index contributed by atoms with van der Waals surface area (Å²) in [4.78, 5) is 11.7. The van der Waals surface area contributed by atoms with Crippen LogP contribution in [0, 0.1) is 0 Å². The molecular formula is C16H14N2O3. The third-order valence-electron chi connectivity index (χ3n) is 3.35. The molecule has 0 aliphatic carbocycles. The Morgan fingerprint density at radius 2 is 2.00 bits per heavy atom. The van der Waals surface area contributed by atoms with Gasteiger partial charge < -0.3 is 9.47 Å². The molecule has 5 heteroatoms. The van der Waals surface area contributed by atoms with Crippen molar-refractivity contribution in [3.05, 3.63) is 54.4 Å². The Bertz CT molecular complexity index is 795. The Labute approximate surface area is 121 Å². The average molecular weight is 282 g/mol. The first-order chi connectivity index (χ1) is 10.2. The fraction of sp³-hybridized carbons (Fsp3) is 0.125. The highest BCUT2D eigenvalue weighted by Crippen LogP contribution is 2.31. The molecule has 1 heterocycles. The predicted molar refractivity (Wildman–Crippen MR) is 79.0 cm³/mol. The quantitative estimate of drug-likeness (QED) is 0.693.